The number of nitrogens with two attached hydrogens (primary N) is 1. The lowest BCUT2D eigenvalue weighted by atomic mass is 9.77. The van der Waals surface area contributed by atoms with E-state index in [2.05, 4.69) is 69.1 Å². The molecule has 2 aromatic rings. The minimum Gasteiger partial charge on any atom is -0.405 e. The molecule has 1 aliphatic rings. The normalized spacial score (nSPS) is 19.4. The first-order valence-electron chi connectivity index (χ1n) is 10.8. The second kappa shape index (κ2) is 8.25. The van der Waals surface area contributed by atoms with E-state index in [9.17, 15) is 0 Å². The van der Waals surface area contributed by atoms with Crippen LogP contribution in [0.5, 0.6) is 0 Å². The van der Waals surface area contributed by atoms with Gasteiger partial charge in [-0.25, -0.2) is 4.98 Å². The van der Waals surface area contributed by atoms with E-state index >= 15 is 0 Å². The molecule has 6 nitrogen and oxygen atoms in total. The summed E-state index contributed by atoms with van der Waals surface area (Å²) in [7, 11) is 2.06. The van der Waals surface area contributed by atoms with Gasteiger partial charge in [0.05, 0.1) is 29.2 Å². The molecule has 0 fully saturated rings. The SMILES string of the molecule is CCC1/C(=C\C=C/N)C(C(C)(C)CCc2nc(C(C)(C)C)c3cnccn23)=NN1C. The van der Waals surface area contributed by atoms with E-state index in [1.807, 2.05) is 24.7 Å². The molecule has 0 radical (unpaired) electrons. The molecule has 0 spiro atoms. The van der Waals surface area contributed by atoms with Crippen molar-refractivity contribution < 1.29 is 0 Å². The van der Waals surface area contributed by atoms with Gasteiger partial charge in [-0.05, 0) is 25.1 Å². The number of fused-ring (bicyclic) bond motifs is 1. The van der Waals surface area contributed by atoms with Crippen LogP contribution in [0.3, 0.4) is 0 Å². The number of rotatable bonds is 6. The number of hydrazone groups is 1. The van der Waals surface area contributed by atoms with E-state index in [1.165, 1.54) is 5.57 Å². The molecule has 1 unspecified atom stereocenters. The van der Waals surface area contributed by atoms with Gasteiger partial charge in [-0.15, -0.1) is 0 Å². The largest absolute Gasteiger partial charge is 0.405 e. The van der Waals surface area contributed by atoms with Gasteiger partial charge < -0.3 is 10.1 Å². The molecule has 0 bridgehead atoms. The highest BCUT2D eigenvalue weighted by Gasteiger charge is 2.37. The van der Waals surface area contributed by atoms with Gasteiger partial charge in [-0.3, -0.25) is 9.99 Å². The van der Waals surface area contributed by atoms with Gasteiger partial charge in [0.15, 0.2) is 0 Å². The molecule has 3 rings (SSSR count). The monoisotopic (exact) mass is 408 g/mol. The molecule has 1 aliphatic heterocycles. The van der Waals surface area contributed by atoms with Crippen LogP contribution >= 0.6 is 0 Å². The van der Waals surface area contributed by atoms with Crippen LogP contribution in [0.4, 0.5) is 0 Å². The highest BCUT2D eigenvalue weighted by atomic mass is 15.5. The Labute approximate surface area is 180 Å². The predicted octanol–water partition coefficient (Wildman–Crippen LogP) is 4.46. The summed E-state index contributed by atoms with van der Waals surface area (Å²) in [6, 6.07) is 0.293. The van der Waals surface area contributed by atoms with E-state index < -0.39 is 0 Å². The van der Waals surface area contributed by atoms with E-state index in [1.54, 1.807) is 6.20 Å². The number of imidazole rings is 1. The summed E-state index contributed by atoms with van der Waals surface area (Å²) in [6.45, 7) is 13.4. The molecule has 0 aromatic carbocycles. The molecule has 0 amide bonds. The molecular weight excluding hydrogens is 372 g/mol. The number of aryl methyl sites for hydroxylation is 1. The molecule has 2 aromatic heterocycles. The third-order valence-electron chi connectivity index (χ3n) is 5.96. The number of likely N-dealkylation sites (N-methyl/N-ethyl adjacent to an activating group) is 1. The minimum atomic E-state index is -0.0901. The lowest BCUT2D eigenvalue weighted by Crippen LogP contribution is -2.29. The summed E-state index contributed by atoms with van der Waals surface area (Å²) in [5.74, 6) is 1.08. The van der Waals surface area contributed by atoms with Gasteiger partial charge in [0.1, 0.15) is 5.82 Å². The van der Waals surface area contributed by atoms with Crippen molar-refractivity contribution in [1.29, 1.82) is 0 Å². The summed E-state index contributed by atoms with van der Waals surface area (Å²) >= 11 is 0. The Morgan fingerprint density at radius 2 is 1.93 bits per heavy atom. The second-order valence-corrected chi connectivity index (χ2v) is 9.80. The first-order chi connectivity index (χ1) is 14.1. The van der Waals surface area contributed by atoms with Crippen LogP contribution in [-0.4, -0.2) is 38.2 Å². The first kappa shape index (κ1) is 22.1. The molecule has 6 heteroatoms. The lowest BCUT2D eigenvalue weighted by molar-refractivity contribution is 0.302. The predicted molar refractivity (Wildman–Crippen MR) is 124 cm³/mol. The van der Waals surface area contributed by atoms with Crippen LogP contribution in [0.15, 0.2) is 47.6 Å². The maximum absolute atomic E-state index is 5.61. The number of nitrogens with zero attached hydrogens (tertiary/aromatic N) is 5. The van der Waals surface area contributed by atoms with Gasteiger partial charge in [0, 0.05) is 42.3 Å². The zero-order chi connectivity index (χ0) is 22.1. The Balaban J connectivity index is 1.91. The highest BCUT2D eigenvalue weighted by molar-refractivity contribution is 6.06. The molecule has 2 N–H and O–H groups in total. The fraction of sp³-hybridized carbons (Fsp3) is 0.542. The summed E-state index contributed by atoms with van der Waals surface area (Å²) in [5, 5.41) is 7.02. The van der Waals surface area contributed by atoms with Crippen LogP contribution in [0.2, 0.25) is 0 Å². The third kappa shape index (κ3) is 4.13. The van der Waals surface area contributed by atoms with Crippen molar-refractivity contribution in [2.45, 2.75) is 72.3 Å². The van der Waals surface area contributed by atoms with Gasteiger partial charge in [-0.2, -0.15) is 5.10 Å². The number of aromatic nitrogens is 3. The topological polar surface area (TPSA) is 71.8 Å². The van der Waals surface area contributed by atoms with E-state index in [4.69, 9.17) is 15.8 Å². The molecule has 162 valence electrons. The Kier molecular flexibility index (Phi) is 6.06. The third-order valence-corrected chi connectivity index (χ3v) is 5.96. The maximum atomic E-state index is 5.61. The number of hydrogen-bond acceptors (Lipinski definition) is 5. The Hall–Kier alpha value is -2.63. The fourth-order valence-corrected chi connectivity index (χ4v) is 4.28. The highest BCUT2D eigenvalue weighted by Crippen LogP contribution is 2.36. The van der Waals surface area contributed by atoms with Crippen molar-refractivity contribution >= 4 is 11.2 Å². The van der Waals surface area contributed by atoms with E-state index in [-0.39, 0.29) is 10.8 Å². The van der Waals surface area contributed by atoms with Crippen molar-refractivity contribution in [2.24, 2.45) is 16.3 Å². The standard InChI is InChI=1S/C24H36N6/c1-8-18-17(10-9-13-25)21(28-29(18)7)24(5,6)12-11-20-27-22(23(2,3)4)19-16-26-14-15-30(19)20/h9-10,13-16,18H,8,11-12,25H2,1-7H3/b13-9-,17-10+. The molecule has 1 atom stereocenters. The molecule has 0 saturated carbocycles. The zero-order valence-electron chi connectivity index (χ0n) is 19.5. The van der Waals surface area contributed by atoms with Crippen LogP contribution in [0.1, 0.15) is 65.9 Å². The minimum absolute atomic E-state index is 0.0287. The summed E-state index contributed by atoms with van der Waals surface area (Å²) in [6.07, 6.45) is 14.2. The van der Waals surface area contributed by atoms with Gasteiger partial charge in [0.2, 0.25) is 0 Å². The summed E-state index contributed by atoms with van der Waals surface area (Å²) in [5.41, 5.74) is 10.1. The van der Waals surface area contributed by atoms with Crippen molar-refractivity contribution in [3.05, 3.63) is 54.0 Å². The van der Waals surface area contributed by atoms with Crippen molar-refractivity contribution in [3.8, 4) is 0 Å². The first-order valence-corrected chi connectivity index (χ1v) is 10.8. The Bertz CT molecular complexity index is 987. The van der Waals surface area contributed by atoms with Crippen molar-refractivity contribution in [2.75, 3.05) is 7.05 Å². The molecule has 0 saturated heterocycles. The second-order valence-electron chi connectivity index (χ2n) is 9.80. The molecule has 3 heterocycles. The Morgan fingerprint density at radius 1 is 1.20 bits per heavy atom. The van der Waals surface area contributed by atoms with Crippen molar-refractivity contribution in [1.82, 2.24) is 19.4 Å². The number of hydrogen-bond donors (Lipinski definition) is 1. The summed E-state index contributed by atoms with van der Waals surface area (Å²) in [4.78, 5) is 9.36. The van der Waals surface area contributed by atoms with Gasteiger partial charge >= 0.3 is 0 Å². The molecular formula is C24H36N6. The zero-order valence-corrected chi connectivity index (χ0v) is 19.5. The van der Waals surface area contributed by atoms with Crippen LogP contribution in [0, 0.1) is 5.41 Å². The van der Waals surface area contributed by atoms with E-state index in [0.29, 0.717) is 6.04 Å². The van der Waals surface area contributed by atoms with E-state index in [0.717, 1.165) is 42.0 Å². The quantitative estimate of drug-likeness (QED) is 0.766. The average Bonchev–Trinajstić information content (AvgIpc) is 3.22. The van der Waals surface area contributed by atoms with Crippen LogP contribution < -0.4 is 5.73 Å². The van der Waals surface area contributed by atoms with Crippen molar-refractivity contribution in [3.63, 3.8) is 0 Å². The summed E-state index contributed by atoms with van der Waals surface area (Å²) < 4.78 is 2.19. The Morgan fingerprint density at radius 3 is 2.57 bits per heavy atom. The molecule has 0 aliphatic carbocycles. The number of allylic oxidation sites excluding steroid dienone is 2. The molecule has 30 heavy (non-hydrogen) atoms. The smallest absolute Gasteiger partial charge is 0.113 e. The lowest BCUT2D eigenvalue weighted by Gasteiger charge is -2.26. The van der Waals surface area contributed by atoms with Crippen LogP contribution in [0.25, 0.3) is 5.52 Å². The fourth-order valence-electron chi connectivity index (χ4n) is 4.28. The average molecular weight is 409 g/mol. The van der Waals surface area contributed by atoms with Gasteiger partial charge in [0.25, 0.3) is 0 Å². The van der Waals surface area contributed by atoms with Gasteiger partial charge in [-0.1, -0.05) is 47.6 Å². The maximum Gasteiger partial charge on any atom is 0.113 e. The van der Waals surface area contributed by atoms with Crippen LogP contribution in [-0.2, 0) is 11.8 Å².